The van der Waals surface area contributed by atoms with Crippen LogP contribution in [0.2, 0.25) is 0 Å². The lowest BCUT2D eigenvalue weighted by Crippen LogP contribution is -1.93. The molecule has 1 heterocycles. The second-order valence-corrected chi connectivity index (χ2v) is 3.05. The van der Waals surface area contributed by atoms with Gasteiger partial charge in [0.05, 0.1) is 0 Å². The van der Waals surface area contributed by atoms with Crippen LogP contribution in [0.5, 0.6) is 17.2 Å². The Labute approximate surface area is 75.8 Å². The zero-order chi connectivity index (χ0) is 8.72. The van der Waals surface area contributed by atoms with E-state index >= 15 is 0 Å². The first-order chi connectivity index (χ1) is 5.70. The highest BCUT2D eigenvalue weighted by molar-refractivity contribution is 9.10. The molecule has 0 saturated heterocycles. The minimum atomic E-state index is -0.730. The maximum absolute atomic E-state index is 12.8. The van der Waals surface area contributed by atoms with E-state index in [2.05, 4.69) is 15.9 Å². The molecule has 0 radical (unpaired) electrons. The number of benzene rings is 1. The zero-order valence-corrected chi connectivity index (χ0v) is 7.39. The average Bonchev–Trinajstić information content (AvgIpc) is 2.48. The number of hydrogen-bond donors (Lipinski definition) is 1. The molecular formula is C7H4BrFO3. The van der Waals surface area contributed by atoms with E-state index in [9.17, 15) is 4.39 Å². The Morgan fingerprint density at radius 2 is 2.25 bits per heavy atom. The van der Waals surface area contributed by atoms with E-state index in [1.165, 1.54) is 0 Å². The summed E-state index contributed by atoms with van der Waals surface area (Å²) >= 11 is 2.99. The van der Waals surface area contributed by atoms with Gasteiger partial charge in [-0.3, -0.25) is 0 Å². The zero-order valence-electron chi connectivity index (χ0n) is 5.80. The second-order valence-electron chi connectivity index (χ2n) is 2.25. The number of halogens is 2. The van der Waals surface area contributed by atoms with Crippen LogP contribution in [0, 0.1) is 5.82 Å². The van der Waals surface area contributed by atoms with Crippen molar-refractivity contribution in [3.05, 3.63) is 16.4 Å². The van der Waals surface area contributed by atoms with E-state index in [1.807, 2.05) is 0 Å². The molecule has 1 aliphatic heterocycles. The quantitative estimate of drug-likeness (QED) is 0.747. The Kier molecular flexibility index (Phi) is 1.61. The maximum atomic E-state index is 12.8. The summed E-state index contributed by atoms with van der Waals surface area (Å²) in [5, 5.41) is 9.11. The Morgan fingerprint density at radius 3 is 3.00 bits per heavy atom. The normalized spacial score (nSPS) is 13.5. The van der Waals surface area contributed by atoms with Gasteiger partial charge >= 0.3 is 0 Å². The summed E-state index contributed by atoms with van der Waals surface area (Å²) in [4.78, 5) is 0. The van der Waals surface area contributed by atoms with Crippen molar-refractivity contribution in [2.24, 2.45) is 0 Å². The molecule has 0 aliphatic carbocycles. The van der Waals surface area contributed by atoms with Gasteiger partial charge < -0.3 is 14.6 Å². The van der Waals surface area contributed by atoms with Gasteiger partial charge in [0.15, 0.2) is 23.1 Å². The largest absolute Gasteiger partial charge is 0.504 e. The number of aromatic hydroxyl groups is 1. The molecule has 0 bridgehead atoms. The predicted octanol–water partition coefficient (Wildman–Crippen LogP) is 2.02. The summed E-state index contributed by atoms with van der Waals surface area (Å²) in [6.45, 7) is 0.0524. The summed E-state index contributed by atoms with van der Waals surface area (Å²) in [5.41, 5.74) is 0. The minimum Gasteiger partial charge on any atom is -0.504 e. The fraction of sp³-hybridized carbons (Fsp3) is 0.143. The molecule has 5 heteroatoms. The van der Waals surface area contributed by atoms with Gasteiger partial charge in [-0.1, -0.05) is 0 Å². The van der Waals surface area contributed by atoms with Crippen LogP contribution in [-0.4, -0.2) is 11.9 Å². The number of phenolic OH excluding ortho intramolecular Hbond substituents is 1. The van der Waals surface area contributed by atoms with Gasteiger partial charge in [-0.05, 0) is 15.9 Å². The number of rotatable bonds is 0. The molecule has 12 heavy (non-hydrogen) atoms. The lowest BCUT2D eigenvalue weighted by molar-refractivity contribution is 0.173. The molecule has 0 aromatic heterocycles. The van der Waals surface area contributed by atoms with E-state index in [4.69, 9.17) is 14.6 Å². The molecule has 0 amide bonds. The number of fused-ring (bicyclic) bond motifs is 1. The van der Waals surface area contributed by atoms with Crippen LogP contribution < -0.4 is 9.47 Å². The molecule has 0 spiro atoms. The lowest BCUT2D eigenvalue weighted by Gasteiger charge is -2.01. The van der Waals surface area contributed by atoms with Gasteiger partial charge in [0.25, 0.3) is 0 Å². The van der Waals surface area contributed by atoms with Crippen molar-refractivity contribution in [1.82, 2.24) is 0 Å². The van der Waals surface area contributed by atoms with E-state index < -0.39 is 11.6 Å². The number of hydrogen-bond acceptors (Lipinski definition) is 3. The lowest BCUT2D eigenvalue weighted by atomic mass is 10.3. The number of phenols is 1. The molecule has 0 unspecified atom stereocenters. The third kappa shape index (κ3) is 0.929. The van der Waals surface area contributed by atoms with Crippen LogP contribution in [0.1, 0.15) is 0 Å². The number of ether oxygens (including phenoxy) is 2. The van der Waals surface area contributed by atoms with Gasteiger partial charge in [0.2, 0.25) is 6.79 Å². The van der Waals surface area contributed by atoms with Crippen LogP contribution in [0.4, 0.5) is 4.39 Å². The SMILES string of the molecule is Oc1c(F)cc2c(c1Br)OCO2. The van der Waals surface area contributed by atoms with Crippen LogP contribution >= 0.6 is 15.9 Å². The molecule has 3 nitrogen and oxygen atoms in total. The predicted molar refractivity (Wildman–Crippen MR) is 41.9 cm³/mol. The first kappa shape index (κ1) is 7.67. The van der Waals surface area contributed by atoms with Crippen molar-refractivity contribution in [1.29, 1.82) is 0 Å². The average molecular weight is 235 g/mol. The van der Waals surface area contributed by atoms with Gasteiger partial charge in [-0.15, -0.1) is 0 Å². The van der Waals surface area contributed by atoms with Crippen LogP contribution in [0.25, 0.3) is 0 Å². The first-order valence-corrected chi connectivity index (χ1v) is 3.96. The fourth-order valence-corrected chi connectivity index (χ4v) is 1.46. The summed E-state index contributed by atoms with van der Waals surface area (Å²) in [6.07, 6.45) is 0. The topological polar surface area (TPSA) is 38.7 Å². The summed E-state index contributed by atoms with van der Waals surface area (Å²) in [7, 11) is 0. The molecule has 1 aromatic rings. The van der Waals surface area contributed by atoms with Gasteiger partial charge in [-0.2, -0.15) is 0 Å². The van der Waals surface area contributed by atoms with E-state index in [0.717, 1.165) is 6.07 Å². The van der Waals surface area contributed by atoms with Gasteiger partial charge in [0, 0.05) is 6.07 Å². The van der Waals surface area contributed by atoms with Crippen molar-refractivity contribution in [2.75, 3.05) is 6.79 Å². The van der Waals surface area contributed by atoms with Crippen molar-refractivity contribution in [2.45, 2.75) is 0 Å². The van der Waals surface area contributed by atoms with Crippen molar-refractivity contribution in [3.8, 4) is 17.2 Å². The van der Waals surface area contributed by atoms with Crippen molar-refractivity contribution >= 4 is 15.9 Å². The summed E-state index contributed by atoms with van der Waals surface area (Å²) in [6, 6.07) is 1.09. The second kappa shape index (κ2) is 2.52. The van der Waals surface area contributed by atoms with Crippen molar-refractivity contribution in [3.63, 3.8) is 0 Å². The van der Waals surface area contributed by atoms with Crippen molar-refractivity contribution < 1.29 is 19.0 Å². The first-order valence-electron chi connectivity index (χ1n) is 3.16. The highest BCUT2D eigenvalue weighted by Crippen LogP contribution is 2.45. The van der Waals surface area contributed by atoms with Gasteiger partial charge in [0.1, 0.15) is 4.47 Å². The van der Waals surface area contributed by atoms with E-state index in [-0.39, 0.29) is 11.3 Å². The third-order valence-electron chi connectivity index (χ3n) is 1.53. The molecule has 1 aliphatic rings. The Bertz CT molecular complexity index is 340. The highest BCUT2D eigenvalue weighted by Gasteiger charge is 2.22. The maximum Gasteiger partial charge on any atom is 0.231 e. The van der Waals surface area contributed by atoms with Gasteiger partial charge in [-0.25, -0.2) is 4.39 Å². The molecule has 2 rings (SSSR count). The summed E-state index contributed by atoms with van der Waals surface area (Å²) in [5.74, 6) is -0.545. The summed E-state index contributed by atoms with van der Waals surface area (Å²) < 4.78 is 22.9. The molecular weight excluding hydrogens is 231 g/mol. The van der Waals surface area contributed by atoms with Crippen LogP contribution in [-0.2, 0) is 0 Å². The Morgan fingerprint density at radius 1 is 1.50 bits per heavy atom. The molecule has 0 fully saturated rings. The third-order valence-corrected chi connectivity index (χ3v) is 2.27. The highest BCUT2D eigenvalue weighted by atomic mass is 79.9. The molecule has 0 saturated carbocycles. The van der Waals surface area contributed by atoms with E-state index in [1.54, 1.807) is 0 Å². The van der Waals surface area contributed by atoms with Crippen LogP contribution in [0.15, 0.2) is 10.5 Å². The fourth-order valence-electron chi connectivity index (χ4n) is 0.963. The molecule has 0 atom stereocenters. The molecule has 1 N–H and O–H groups in total. The van der Waals surface area contributed by atoms with Crippen LogP contribution in [0.3, 0.4) is 0 Å². The molecule has 64 valence electrons. The minimum absolute atomic E-state index is 0.0524. The Balaban J connectivity index is 2.67. The smallest absolute Gasteiger partial charge is 0.231 e. The van der Waals surface area contributed by atoms with E-state index in [0.29, 0.717) is 11.5 Å². The molecule has 1 aromatic carbocycles. The monoisotopic (exact) mass is 234 g/mol. The Hall–Kier alpha value is -0.970. The standard InChI is InChI=1S/C7H4BrFO3/c8-5-6(10)3(9)1-4-7(5)12-2-11-4/h1,10H,2H2.